The molecule has 2 atom stereocenters. The fourth-order valence-corrected chi connectivity index (χ4v) is 3.34. The molecule has 0 aromatic heterocycles. The van der Waals surface area contributed by atoms with Gasteiger partial charge in [0, 0.05) is 11.8 Å². The van der Waals surface area contributed by atoms with E-state index in [1.165, 1.54) is 12.1 Å². The van der Waals surface area contributed by atoms with Gasteiger partial charge in [-0.05, 0) is 24.2 Å². The van der Waals surface area contributed by atoms with Crippen molar-refractivity contribution in [3.63, 3.8) is 0 Å². The molecule has 1 heterocycles. The van der Waals surface area contributed by atoms with E-state index in [0.29, 0.717) is 11.8 Å². The first-order chi connectivity index (χ1) is 8.57. The molecule has 0 bridgehead atoms. The van der Waals surface area contributed by atoms with E-state index in [2.05, 4.69) is 5.32 Å². The monoisotopic (exact) mass is 275 g/mol. The number of thioether (sulfide) groups is 1. The van der Waals surface area contributed by atoms with Gasteiger partial charge in [-0.15, -0.1) is 0 Å². The highest BCUT2D eigenvalue weighted by Crippen LogP contribution is 2.33. The van der Waals surface area contributed by atoms with Crippen molar-refractivity contribution in [3.8, 4) is 0 Å². The summed E-state index contributed by atoms with van der Waals surface area (Å²) < 4.78 is 39.0. The molecule has 0 aliphatic carbocycles. The van der Waals surface area contributed by atoms with Crippen molar-refractivity contribution in [3.05, 3.63) is 35.9 Å². The molecule has 1 saturated heterocycles. The summed E-state index contributed by atoms with van der Waals surface area (Å²) in [4.78, 5) is 0. The first-order valence-corrected chi connectivity index (χ1v) is 7.09. The average Bonchev–Trinajstić information content (AvgIpc) is 2.82. The van der Waals surface area contributed by atoms with Crippen molar-refractivity contribution in [1.82, 2.24) is 5.32 Å². The van der Waals surface area contributed by atoms with Crippen LogP contribution in [0.1, 0.15) is 24.4 Å². The third-order valence-corrected chi connectivity index (χ3v) is 4.43. The van der Waals surface area contributed by atoms with Crippen molar-refractivity contribution < 1.29 is 13.2 Å². The minimum absolute atomic E-state index is 0.285. The normalized spacial score (nSPS) is 22.1. The van der Waals surface area contributed by atoms with Crippen LogP contribution >= 0.6 is 11.8 Å². The summed E-state index contributed by atoms with van der Waals surface area (Å²) in [6, 6.07) is 6.49. The van der Waals surface area contributed by atoms with E-state index in [1.807, 2.05) is 0 Å². The maximum absolute atomic E-state index is 13.0. The number of hydrogen-bond acceptors (Lipinski definition) is 2. The summed E-state index contributed by atoms with van der Waals surface area (Å²) in [5, 5.41) is 2.99. The summed E-state index contributed by atoms with van der Waals surface area (Å²) in [6.07, 6.45) is -2.12. The largest absolute Gasteiger partial charge is 0.407 e. The Labute approximate surface area is 109 Å². The van der Waals surface area contributed by atoms with Gasteiger partial charge in [0.15, 0.2) is 0 Å². The molecule has 100 valence electrons. The third kappa shape index (κ3) is 3.65. The molecule has 1 nitrogen and oxygen atoms in total. The highest BCUT2D eigenvalue weighted by Gasteiger charge is 2.40. The molecule has 1 aliphatic heterocycles. The molecule has 5 heteroatoms. The molecule has 18 heavy (non-hydrogen) atoms. The lowest BCUT2D eigenvalue weighted by Gasteiger charge is -2.23. The fraction of sp³-hybridized carbons (Fsp3) is 0.538. The first kappa shape index (κ1) is 13.7. The molecular formula is C13H16F3NS. The molecule has 1 aliphatic rings. The Hall–Kier alpha value is -0.680. The predicted molar refractivity (Wildman–Crippen MR) is 68.7 cm³/mol. The lowest BCUT2D eigenvalue weighted by atomic mass is 10.1. The summed E-state index contributed by atoms with van der Waals surface area (Å²) >= 11 is 1.76. The minimum Gasteiger partial charge on any atom is -0.301 e. The Morgan fingerprint density at radius 2 is 2.00 bits per heavy atom. The molecule has 0 saturated carbocycles. The molecule has 2 rings (SSSR count). The van der Waals surface area contributed by atoms with Gasteiger partial charge in [-0.3, -0.25) is 0 Å². The molecule has 0 radical (unpaired) electrons. The van der Waals surface area contributed by atoms with E-state index in [4.69, 9.17) is 0 Å². The van der Waals surface area contributed by atoms with Crippen LogP contribution in [0.25, 0.3) is 0 Å². The maximum atomic E-state index is 13.0. The van der Waals surface area contributed by atoms with Crippen LogP contribution in [0.5, 0.6) is 0 Å². The highest BCUT2D eigenvalue weighted by atomic mass is 32.2. The second kappa shape index (κ2) is 5.97. The number of benzene rings is 1. The SMILES string of the molecule is FC(F)(F)C(NCC1CCCS1)c1ccccc1. The topological polar surface area (TPSA) is 12.0 Å². The maximum Gasteiger partial charge on any atom is 0.407 e. The highest BCUT2D eigenvalue weighted by molar-refractivity contribution is 8.00. The van der Waals surface area contributed by atoms with Crippen molar-refractivity contribution in [1.29, 1.82) is 0 Å². The summed E-state index contributed by atoms with van der Waals surface area (Å²) in [6.45, 7) is 0.420. The number of nitrogens with one attached hydrogen (secondary N) is 1. The average molecular weight is 275 g/mol. The quantitative estimate of drug-likeness (QED) is 0.897. The van der Waals surface area contributed by atoms with Gasteiger partial charge in [-0.25, -0.2) is 0 Å². The van der Waals surface area contributed by atoms with Crippen molar-refractivity contribution in [2.45, 2.75) is 30.3 Å². The standard InChI is InChI=1S/C13H16F3NS/c14-13(15,16)12(10-5-2-1-3-6-10)17-9-11-7-4-8-18-11/h1-3,5-6,11-12,17H,4,7-9H2. The van der Waals surface area contributed by atoms with E-state index in [-0.39, 0.29) is 5.56 Å². The van der Waals surface area contributed by atoms with Crippen LogP contribution in [0.4, 0.5) is 13.2 Å². The minimum atomic E-state index is -4.25. The molecule has 1 fully saturated rings. The van der Waals surface area contributed by atoms with Crippen molar-refractivity contribution >= 4 is 11.8 Å². The van der Waals surface area contributed by atoms with Gasteiger partial charge < -0.3 is 5.32 Å². The lowest BCUT2D eigenvalue weighted by molar-refractivity contribution is -0.157. The van der Waals surface area contributed by atoms with Crippen LogP contribution in [-0.2, 0) is 0 Å². The Bertz CT molecular complexity index is 360. The van der Waals surface area contributed by atoms with Crippen molar-refractivity contribution in [2.75, 3.05) is 12.3 Å². The van der Waals surface area contributed by atoms with Gasteiger partial charge in [-0.2, -0.15) is 24.9 Å². The molecule has 1 N–H and O–H groups in total. The van der Waals surface area contributed by atoms with E-state index < -0.39 is 12.2 Å². The van der Waals surface area contributed by atoms with Crippen molar-refractivity contribution in [2.24, 2.45) is 0 Å². The zero-order chi connectivity index (χ0) is 13.0. The molecule has 0 spiro atoms. The van der Waals surface area contributed by atoms with E-state index >= 15 is 0 Å². The fourth-order valence-electron chi connectivity index (χ4n) is 2.12. The molecule has 2 unspecified atom stereocenters. The smallest absolute Gasteiger partial charge is 0.301 e. The van der Waals surface area contributed by atoms with Gasteiger partial charge in [0.1, 0.15) is 6.04 Å². The number of hydrogen-bond donors (Lipinski definition) is 1. The Kier molecular flexibility index (Phi) is 4.56. The van der Waals surface area contributed by atoms with Gasteiger partial charge >= 0.3 is 6.18 Å². The Morgan fingerprint density at radius 3 is 2.56 bits per heavy atom. The van der Waals surface area contributed by atoms with Crippen LogP contribution in [0.2, 0.25) is 0 Å². The molecule has 0 amide bonds. The lowest BCUT2D eigenvalue weighted by Crippen LogP contribution is -2.37. The number of halogens is 3. The predicted octanol–water partition coefficient (Wildman–Crippen LogP) is 3.78. The number of alkyl halides is 3. The number of rotatable bonds is 4. The van der Waals surface area contributed by atoms with Crippen LogP contribution in [0.15, 0.2) is 30.3 Å². The summed E-state index contributed by atoms with van der Waals surface area (Å²) in [5.41, 5.74) is 0.285. The van der Waals surface area contributed by atoms with E-state index in [9.17, 15) is 13.2 Å². The van der Waals surface area contributed by atoms with Gasteiger partial charge in [0.2, 0.25) is 0 Å². The van der Waals surface area contributed by atoms with Crippen LogP contribution in [-0.4, -0.2) is 23.7 Å². The van der Waals surface area contributed by atoms with Gasteiger partial charge in [0.25, 0.3) is 0 Å². The van der Waals surface area contributed by atoms with Crippen LogP contribution in [0, 0.1) is 0 Å². The van der Waals surface area contributed by atoms with E-state index in [1.54, 1.807) is 30.0 Å². The summed E-state index contributed by atoms with van der Waals surface area (Å²) in [7, 11) is 0. The zero-order valence-electron chi connectivity index (χ0n) is 9.91. The summed E-state index contributed by atoms with van der Waals surface area (Å²) in [5.74, 6) is 1.06. The molecular weight excluding hydrogens is 259 g/mol. The Morgan fingerprint density at radius 1 is 1.28 bits per heavy atom. The van der Waals surface area contributed by atoms with Gasteiger partial charge in [0.05, 0.1) is 0 Å². The van der Waals surface area contributed by atoms with E-state index in [0.717, 1.165) is 18.6 Å². The van der Waals surface area contributed by atoms with Gasteiger partial charge in [-0.1, -0.05) is 30.3 Å². The zero-order valence-corrected chi connectivity index (χ0v) is 10.7. The molecule has 1 aromatic rings. The van der Waals surface area contributed by atoms with Crippen LogP contribution in [0.3, 0.4) is 0 Å². The second-order valence-corrected chi connectivity index (χ2v) is 5.84. The van der Waals surface area contributed by atoms with Crippen LogP contribution < -0.4 is 5.32 Å². The first-order valence-electron chi connectivity index (χ1n) is 6.04. The second-order valence-electron chi connectivity index (χ2n) is 4.43. The third-order valence-electron chi connectivity index (χ3n) is 3.03. The molecule has 1 aromatic carbocycles. The Balaban J connectivity index is 2.01.